The first-order valence-corrected chi connectivity index (χ1v) is 6.23. The van der Waals surface area contributed by atoms with Crippen LogP contribution in [0.3, 0.4) is 0 Å². The molecule has 0 radical (unpaired) electrons. The summed E-state index contributed by atoms with van der Waals surface area (Å²) in [7, 11) is 0. The zero-order chi connectivity index (χ0) is 13.3. The van der Waals surface area contributed by atoms with Gasteiger partial charge >= 0.3 is 5.97 Å². The number of carboxylic acids is 1. The molecule has 0 aromatic carbocycles. The Bertz CT molecular complexity index is 244. The SMILES string of the molecule is CCCC(NC(=O)CCC(C)CCN)C(=O)O. The number of aliphatic carboxylic acids is 1. The van der Waals surface area contributed by atoms with E-state index in [1.165, 1.54) is 0 Å². The molecule has 5 nitrogen and oxygen atoms in total. The normalized spacial score (nSPS) is 14.1. The van der Waals surface area contributed by atoms with E-state index in [4.69, 9.17) is 10.8 Å². The Morgan fingerprint density at radius 1 is 1.29 bits per heavy atom. The highest BCUT2D eigenvalue weighted by Crippen LogP contribution is 2.09. The van der Waals surface area contributed by atoms with Gasteiger partial charge in [0.05, 0.1) is 0 Å². The van der Waals surface area contributed by atoms with E-state index in [1.54, 1.807) is 0 Å². The second-order valence-electron chi connectivity index (χ2n) is 4.47. The molecule has 2 atom stereocenters. The van der Waals surface area contributed by atoms with E-state index < -0.39 is 12.0 Å². The number of hydrogen-bond acceptors (Lipinski definition) is 3. The van der Waals surface area contributed by atoms with Gasteiger partial charge in [0.1, 0.15) is 6.04 Å². The summed E-state index contributed by atoms with van der Waals surface area (Å²) in [4.78, 5) is 22.4. The number of carbonyl (C=O) groups is 2. The monoisotopic (exact) mass is 244 g/mol. The Balaban J connectivity index is 3.93. The Labute approximate surface area is 103 Å². The van der Waals surface area contributed by atoms with Gasteiger partial charge in [0, 0.05) is 6.42 Å². The predicted molar refractivity (Wildman–Crippen MR) is 66.5 cm³/mol. The van der Waals surface area contributed by atoms with Crippen LogP contribution < -0.4 is 11.1 Å². The Morgan fingerprint density at radius 3 is 2.41 bits per heavy atom. The first-order chi connectivity index (χ1) is 8.01. The summed E-state index contributed by atoms with van der Waals surface area (Å²) < 4.78 is 0. The fourth-order valence-corrected chi connectivity index (χ4v) is 1.62. The van der Waals surface area contributed by atoms with E-state index in [-0.39, 0.29) is 5.91 Å². The molecule has 0 aliphatic rings. The number of carbonyl (C=O) groups excluding carboxylic acids is 1. The molecule has 0 rings (SSSR count). The van der Waals surface area contributed by atoms with Crippen LogP contribution in [0, 0.1) is 5.92 Å². The molecule has 2 unspecified atom stereocenters. The minimum absolute atomic E-state index is 0.185. The maximum Gasteiger partial charge on any atom is 0.326 e. The molecule has 1 amide bonds. The summed E-state index contributed by atoms with van der Waals surface area (Å²) in [5, 5.41) is 11.4. The van der Waals surface area contributed by atoms with E-state index in [2.05, 4.69) is 5.32 Å². The molecule has 0 aromatic heterocycles. The molecule has 0 aromatic rings. The van der Waals surface area contributed by atoms with Gasteiger partial charge in [-0.1, -0.05) is 20.3 Å². The lowest BCUT2D eigenvalue weighted by molar-refractivity contribution is -0.142. The highest BCUT2D eigenvalue weighted by Gasteiger charge is 2.18. The standard InChI is InChI=1S/C12H24N2O3/c1-3-4-10(12(16)17)14-11(15)6-5-9(2)7-8-13/h9-10H,3-8,13H2,1-2H3,(H,14,15)(H,16,17). The summed E-state index contributed by atoms with van der Waals surface area (Å²) in [6.45, 7) is 4.56. The quantitative estimate of drug-likeness (QED) is 0.566. The first-order valence-electron chi connectivity index (χ1n) is 6.23. The van der Waals surface area contributed by atoms with Crippen LogP contribution in [0.15, 0.2) is 0 Å². The number of nitrogens with two attached hydrogens (primary N) is 1. The van der Waals surface area contributed by atoms with Crippen molar-refractivity contribution in [3.63, 3.8) is 0 Å². The molecule has 0 spiro atoms. The third kappa shape index (κ3) is 7.74. The molecule has 0 aliphatic heterocycles. The van der Waals surface area contributed by atoms with Crippen LogP contribution >= 0.6 is 0 Å². The lowest BCUT2D eigenvalue weighted by Crippen LogP contribution is -2.40. The van der Waals surface area contributed by atoms with Crippen LogP contribution in [-0.4, -0.2) is 29.6 Å². The molecule has 5 heteroatoms. The van der Waals surface area contributed by atoms with Crippen LogP contribution in [0.4, 0.5) is 0 Å². The zero-order valence-electron chi connectivity index (χ0n) is 10.7. The van der Waals surface area contributed by atoms with Crippen molar-refractivity contribution in [2.24, 2.45) is 11.7 Å². The van der Waals surface area contributed by atoms with Crippen molar-refractivity contribution in [1.82, 2.24) is 5.32 Å². The summed E-state index contributed by atoms with van der Waals surface area (Å²) in [5.74, 6) is -0.745. The van der Waals surface area contributed by atoms with E-state index >= 15 is 0 Å². The minimum atomic E-state index is -0.963. The van der Waals surface area contributed by atoms with Crippen LogP contribution in [0.5, 0.6) is 0 Å². The van der Waals surface area contributed by atoms with Crippen molar-refractivity contribution in [2.75, 3.05) is 6.54 Å². The Kier molecular flexibility index (Phi) is 8.40. The van der Waals surface area contributed by atoms with Gasteiger partial charge in [0.15, 0.2) is 0 Å². The average molecular weight is 244 g/mol. The van der Waals surface area contributed by atoms with Gasteiger partial charge in [0.2, 0.25) is 5.91 Å². The number of nitrogens with one attached hydrogen (secondary N) is 1. The topological polar surface area (TPSA) is 92.4 Å². The van der Waals surface area contributed by atoms with E-state index in [0.717, 1.165) is 19.3 Å². The largest absolute Gasteiger partial charge is 0.480 e. The molecular formula is C12H24N2O3. The van der Waals surface area contributed by atoms with Gasteiger partial charge in [-0.15, -0.1) is 0 Å². The summed E-state index contributed by atoms with van der Waals surface area (Å²) >= 11 is 0. The maximum absolute atomic E-state index is 11.5. The molecule has 0 saturated heterocycles. The lowest BCUT2D eigenvalue weighted by atomic mass is 10.0. The smallest absolute Gasteiger partial charge is 0.326 e. The highest BCUT2D eigenvalue weighted by molar-refractivity contribution is 5.83. The van der Waals surface area contributed by atoms with Crippen LogP contribution in [-0.2, 0) is 9.59 Å². The number of hydrogen-bond donors (Lipinski definition) is 3. The number of rotatable bonds is 9. The number of carboxylic acid groups (broad SMARTS) is 1. The van der Waals surface area contributed by atoms with E-state index in [1.807, 2.05) is 13.8 Å². The van der Waals surface area contributed by atoms with Crippen molar-refractivity contribution >= 4 is 11.9 Å². The van der Waals surface area contributed by atoms with Crippen LogP contribution in [0.2, 0.25) is 0 Å². The van der Waals surface area contributed by atoms with Crippen molar-refractivity contribution in [1.29, 1.82) is 0 Å². The fraction of sp³-hybridized carbons (Fsp3) is 0.833. The van der Waals surface area contributed by atoms with Crippen LogP contribution in [0.1, 0.15) is 46.0 Å². The molecule has 0 saturated carbocycles. The van der Waals surface area contributed by atoms with Gasteiger partial charge < -0.3 is 16.2 Å². The Morgan fingerprint density at radius 2 is 1.94 bits per heavy atom. The third-order valence-electron chi connectivity index (χ3n) is 2.73. The molecule has 0 aliphatic carbocycles. The molecule has 0 heterocycles. The van der Waals surface area contributed by atoms with E-state index in [9.17, 15) is 9.59 Å². The van der Waals surface area contributed by atoms with Crippen molar-refractivity contribution in [3.05, 3.63) is 0 Å². The average Bonchev–Trinajstić information content (AvgIpc) is 2.26. The van der Waals surface area contributed by atoms with Gasteiger partial charge in [-0.05, 0) is 31.7 Å². The predicted octanol–water partition coefficient (Wildman–Crippen LogP) is 1.12. The summed E-state index contributed by atoms with van der Waals surface area (Å²) in [6, 6.07) is -0.752. The Hall–Kier alpha value is -1.10. The lowest BCUT2D eigenvalue weighted by Gasteiger charge is -2.14. The second kappa shape index (κ2) is 8.98. The molecule has 17 heavy (non-hydrogen) atoms. The summed E-state index contributed by atoms with van der Waals surface area (Å²) in [6.07, 6.45) is 3.22. The maximum atomic E-state index is 11.5. The minimum Gasteiger partial charge on any atom is -0.480 e. The highest BCUT2D eigenvalue weighted by atomic mass is 16.4. The van der Waals surface area contributed by atoms with Gasteiger partial charge in [0.25, 0.3) is 0 Å². The van der Waals surface area contributed by atoms with Gasteiger partial charge in [-0.2, -0.15) is 0 Å². The first kappa shape index (κ1) is 15.9. The van der Waals surface area contributed by atoms with Crippen molar-refractivity contribution in [3.8, 4) is 0 Å². The second-order valence-corrected chi connectivity index (χ2v) is 4.47. The third-order valence-corrected chi connectivity index (χ3v) is 2.73. The summed E-state index contributed by atoms with van der Waals surface area (Å²) in [5.41, 5.74) is 5.42. The van der Waals surface area contributed by atoms with Crippen molar-refractivity contribution in [2.45, 2.75) is 52.0 Å². The van der Waals surface area contributed by atoms with Gasteiger partial charge in [-0.25, -0.2) is 4.79 Å². The molecular weight excluding hydrogens is 220 g/mol. The van der Waals surface area contributed by atoms with Gasteiger partial charge in [-0.3, -0.25) is 4.79 Å². The molecule has 0 bridgehead atoms. The molecule has 0 fully saturated rings. The number of amides is 1. The van der Waals surface area contributed by atoms with Crippen LogP contribution in [0.25, 0.3) is 0 Å². The fourth-order valence-electron chi connectivity index (χ4n) is 1.62. The molecule has 4 N–H and O–H groups in total. The molecule has 100 valence electrons. The van der Waals surface area contributed by atoms with Crippen molar-refractivity contribution < 1.29 is 14.7 Å². The van der Waals surface area contributed by atoms with E-state index in [0.29, 0.717) is 25.3 Å². The zero-order valence-corrected chi connectivity index (χ0v) is 10.7.